The molecule has 10 atom stereocenters. The van der Waals surface area contributed by atoms with Gasteiger partial charge in [0.05, 0.1) is 0 Å². The zero-order valence-corrected chi connectivity index (χ0v) is 50.0. The standard InChI is InChI=1S/C59H94N12O10/c1-34(2)30-44-53(75)65-45(32-40-22-16-14-17-23-40)58(80)69(11)38(9)51(73)68-49(37(7)8)56(78)63-43(27-21-29-61)57(79)71(13)47(31-35(3)4)54(76)66-46(33-41-24-18-15-19-25-41)59(81)70(12)39(10)50(72)67-48(36(5)6)55(77)62-42(26-20-28-60)52(74)64-44/h14-19,22-25,34-39,42-49H,20-21,26-33,60-61H2,1-13H3,(H,62,77)(H,63,78)(H,64,74)(H,65,75)(H,66,76)(H,67,72)(H,68,73)/t38-,39-,42-,43-,44-,45+,46+,47-,48-,49-/m0/s1. The van der Waals surface area contributed by atoms with Crippen molar-refractivity contribution in [3.8, 4) is 0 Å². The summed E-state index contributed by atoms with van der Waals surface area (Å²) >= 11 is 0. The average molecular weight is 1130 g/mol. The molecular formula is C59H94N12O10. The number of hydrogen-bond donors (Lipinski definition) is 9. The van der Waals surface area contributed by atoms with Crippen LogP contribution in [0.2, 0.25) is 0 Å². The van der Waals surface area contributed by atoms with Crippen molar-refractivity contribution >= 4 is 59.1 Å². The van der Waals surface area contributed by atoms with Gasteiger partial charge in [0.2, 0.25) is 59.1 Å². The monoisotopic (exact) mass is 1130 g/mol. The topological polar surface area (TPSA) is 317 Å². The van der Waals surface area contributed by atoms with E-state index in [1.165, 1.54) is 44.8 Å². The SMILES string of the molecule is CC(C)C[C@@H]1NC(=O)[C@H](CCCN)NC(=O)[C@H](C(C)C)NC(=O)[C@H](C)N(C)C(=O)[C@@H](Cc2ccccc2)NC(=O)[C@H](CC(C)C)N(C)C(=O)[C@H](CCCN)NC(=O)[C@H](C(C)C)NC(=O)[C@H](C)N(C)C(=O)[C@@H](Cc2ccccc2)NC1=O. The minimum Gasteiger partial charge on any atom is -0.343 e. The van der Waals surface area contributed by atoms with Crippen molar-refractivity contribution in [1.82, 2.24) is 51.9 Å². The summed E-state index contributed by atoms with van der Waals surface area (Å²) in [6, 6.07) is 5.57. The fourth-order valence-electron chi connectivity index (χ4n) is 9.44. The molecule has 1 heterocycles. The number of nitrogens with one attached hydrogen (secondary N) is 7. The molecule has 0 spiro atoms. The maximum atomic E-state index is 14.7. The molecule has 1 fully saturated rings. The van der Waals surface area contributed by atoms with E-state index in [1.54, 1.807) is 88.4 Å². The molecule has 11 N–H and O–H groups in total. The molecule has 450 valence electrons. The second-order valence-electron chi connectivity index (χ2n) is 23.0. The van der Waals surface area contributed by atoms with Gasteiger partial charge in [-0.1, -0.05) is 116 Å². The predicted molar refractivity (Wildman–Crippen MR) is 310 cm³/mol. The Balaban J connectivity index is 2.25. The van der Waals surface area contributed by atoms with E-state index in [9.17, 15) is 47.9 Å². The maximum Gasteiger partial charge on any atom is 0.245 e. The molecule has 0 saturated carbocycles. The van der Waals surface area contributed by atoms with Crippen LogP contribution in [0, 0.1) is 23.7 Å². The molecule has 22 nitrogen and oxygen atoms in total. The van der Waals surface area contributed by atoms with Crippen LogP contribution in [0.15, 0.2) is 60.7 Å². The van der Waals surface area contributed by atoms with Gasteiger partial charge in [0.15, 0.2) is 0 Å². The number of nitrogens with two attached hydrogens (primary N) is 2. The van der Waals surface area contributed by atoms with E-state index in [-0.39, 0.29) is 69.9 Å². The number of carbonyl (C=O) groups excluding carboxylic acids is 10. The van der Waals surface area contributed by atoms with Crippen LogP contribution in [0.1, 0.15) is 119 Å². The molecule has 3 rings (SSSR count). The van der Waals surface area contributed by atoms with Gasteiger partial charge in [-0.3, -0.25) is 47.9 Å². The van der Waals surface area contributed by atoms with Crippen LogP contribution in [0.4, 0.5) is 0 Å². The van der Waals surface area contributed by atoms with Crippen molar-refractivity contribution in [2.45, 2.75) is 181 Å². The van der Waals surface area contributed by atoms with E-state index in [0.717, 1.165) is 4.90 Å². The van der Waals surface area contributed by atoms with Gasteiger partial charge in [-0.25, -0.2) is 0 Å². The second kappa shape index (κ2) is 33.1. The molecule has 0 unspecified atom stereocenters. The molecule has 1 aliphatic heterocycles. The van der Waals surface area contributed by atoms with E-state index >= 15 is 0 Å². The van der Waals surface area contributed by atoms with Crippen molar-refractivity contribution in [3.63, 3.8) is 0 Å². The molecule has 0 bridgehead atoms. The van der Waals surface area contributed by atoms with E-state index in [0.29, 0.717) is 17.5 Å². The lowest BCUT2D eigenvalue weighted by Gasteiger charge is -2.35. The first-order valence-corrected chi connectivity index (χ1v) is 28.5. The number of likely N-dealkylation sites (N-methyl/N-ethyl adjacent to an activating group) is 3. The number of nitrogens with zero attached hydrogens (tertiary/aromatic N) is 3. The van der Waals surface area contributed by atoms with Gasteiger partial charge >= 0.3 is 0 Å². The Hall–Kier alpha value is -6.94. The van der Waals surface area contributed by atoms with Crippen LogP contribution >= 0.6 is 0 Å². The third kappa shape index (κ3) is 20.8. The molecule has 2 aromatic rings. The Morgan fingerprint density at radius 3 is 1.15 bits per heavy atom. The largest absolute Gasteiger partial charge is 0.343 e. The summed E-state index contributed by atoms with van der Waals surface area (Å²) in [5.41, 5.74) is 13.2. The van der Waals surface area contributed by atoms with Gasteiger partial charge in [-0.05, 0) is 100 Å². The molecule has 2 aromatic carbocycles. The molecule has 10 amide bonds. The van der Waals surface area contributed by atoms with Crippen molar-refractivity contribution in [3.05, 3.63) is 71.8 Å². The highest BCUT2D eigenvalue weighted by molar-refractivity contribution is 5.99. The summed E-state index contributed by atoms with van der Waals surface area (Å²) in [6.07, 6.45) is 0.951. The zero-order valence-electron chi connectivity index (χ0n) is 50.0. The van der Waals surface area contributed by atoms with Crippen LogP contribution < -0.4 is 48.7 Å². The highest BCUT2D eigenvalue weighted by Gasteiger charge is 2.40. The summed E-state index contributed by atoms with van der Waals surface area (Å²) in [5.74, 6) is -8.28. The average Bonchev–Trinajstić information content (AvgIpc) is 3.42. The third-order valence-electron chi connectivity index (χ3n) is 14.7. The minimum absolute atomic E-state index is 0.00650. The number of amides is 10. The smallest absolute Gasteiger partial charge is 0.245 e. The Labute approximate surface area is 479 Å². The highest BCUT2D eigenvalue weighted by Crippen LogP contribution is 2.18. The van der Waals surface area contributed by atoms with Gasteiger partial charge in [-0.2, -0.15) is 0 Å². The Morgan fingerprint density at radius 2 is 0.753 bits per heavy atom. The van der Waals surface area contributed by atoms with Crippen molar-refractivity contribution < 1.29 is 47.9 Å². The summed E-state index contributed by atoms with van der Waals surface area (Å²) in [6.45, 7) is 17.5. The molecule has 0 radical (unpaired) electrons. The van der Waals surface area contributed by atoms with E-state index < -0.39 is 131 Å². The fraction of sp³-hybridized carbons (Fsp3) is 0.627. The molecule has 0 aliphatic carbocycles. The number of hydrogen-bond acceptors (Lipinski definition) is 12. The molecular weight excluding hydrogens is 1040 g/mol. The van der Waals surface area contributed by atoms with E-state index in [1.807, 2.05) is 27.7 Å². The lowest BCUT2D eigenvalue weighted by Crippen LogP contribution is -2.62. The second-order valence-corrected chi connectivity index (χ2v) is 23.0. The van der Waals surface area contributed by atoms with Crippen LogP contribution in [0.3, 0.4) is 0 Å². The Morgan fingerprint density at radius 1 is 0.407 bits per heavy atom. The lowest BCUT2D eigenvalue weighted by molar-refractivity contribution is -0.145. The van der Waals surface area contributed by atoms with Crippen LogP contribution in [0.5, 0.6) is 0 Å². The van der Waals surface area contributed by atoms with Crippen molar-refractivity contribution in [2.24, 2.45) is 35.1 Å². The first-order chi connectivity index (χ1) is 38.1. The molecule has 1 aliphatic rings. The van der Waals surface area contributed by atoms with Crippen molar-refractivity contribution in [2.75, 3.05) is 34.2 Å². The molecule has 81 heavy (non-hydrogen) atoms. The fourth-order valence-corrected chi connectivity index (χ4v) is 9.44. The zero-order chi connectivity index (χ0) is 60.8. The predicted octanol–water partition coefficient (Wildman–Crippen LogP) is 1.28. The van der Waals surface area contributed by atoms with Crippen LogP contribution in [-0.2, 0) is 60.8 Å². The number of rotatable bonds is 16. The molecule has 22 heteroatoms. The van der Waals surface area contributed by atoms with E-state index in [4.69, 9.17) is 11.5 Å². The van der Waals surface area contributed by atoms with Crippen molar-refractivity contribution in [1.29, 1.82) is 0 Å². The number of carbonyl (C=O) groups is 10. The Kier molecular flexibility index (Phi) is 27.9. The van der Waals surface area contributed by atoms with Gasteiger partial charge in [0, 0.05) is 34.0 Å². The van der Waals surface area contributed by atoms with Gasteiger partial charge in [0.25, 0.3) is 0 Å². The summed E-state index contributed by atoms with van der Waals surface area (Å²) in [7, 11) is 4.24. The summed E-state index contributed by atoms with van der Waals surface area (Å²) < 4.78 is 0. The third-order valence-corrected chi connectivity index (χ3v) is 14.7. The first-order valence-electron chi connectivity index (χ1n) is 28.5. The number of benzene rings is 2. The molecule has 1 saturated heterocycles. The van der Waals surface area contributed by atoms with Gasteiger partial charge in [0.1, 0.15) is 60.4 Å². The van der Waals surface area contributed by atoms with Gasteiger partial charge < -0.3 is 63.4 Å². The maximum absolute atomic E-state index is 14.7. The van der Waals surface area contributed by atoms with Crippen LogP contribution in [0.25, 0.3) is 0 Å². The first kappa shape index (κ1) is 68.3. The van der Waals surface area contributed by atoms with Crippen LogP contribution in [-0.4, -0.2) is 168 Å². The summed E-state index contributed by atoms with van der Waals surface area (Å²) in [4.78, 5) is 148. The minimum atomic E-state index is -1.27. The van der Waals surface area contributed by atoms with E-state index in [2.05, 4.69) is 37.2 Å². The quantitative estimate of drug-likeness (QED) is 0.115. The highest BCUT2D eigenvalue weighted by atomic mass is 16.2. The van der Waals surface area contributed by atoms with Gasteiger partial charge in [-0.15, -0.1) is 0 Å². The Bertz CT molecular complexity index is 2420. The summed E-state index contributed by atoms with van der Waals surface area (Å²) in [5, 5.41) is 19.7. The normalized spacial score (nSPS) is 25.5. The lowest BCUT2D eigenvalue weighted by atomic mass is 9.98. The molecule has 0 aromatic heterocycles.